The van der Waals surface area contributed by atoms with Gasteiger partial charge in [-0.2, -0.15) is 10.4 Å². The Kier molecular flexibility index (Phi) is 7.76. The second-order valence-electron chi connectivity index (χ2n) is 9.23. The van der Waals surface area contributed by atoms with E-state index in [-0.39, 0.29) is 17.7 Å². The smallest absolute Gasteiger partial charge is 0.271 e. The molecule has 0 N–H and O–H groups in total. The number of hydrogen-bond acceptors (Lipinski definition) is 5. The van der Waals surface area contributed by atoms with E-state index in [4.69, 9.17) is 9.84 Å². The van der Waals surface area contributed by atoms with E-state index < -0.39 is 11.8 Å². The van der Waals surface area contributed by atoms with Crippen LogP contribution in [0, 0.1) is 11.3 Å². The maximum absolute atomic E-state index is 13.7. The lowest BCUT2D eigenvalue weighted by Crippen LogP contribution is -2.43. The highest BCUT2D eigenvalue weighted by Crippen LogP contribution is 2.34. The number of carbonyl (C=O) groups excluding carboxylic acids is 2. The number of nitrogens with zero attached hydrogens (tertiary/aromatic N) is 4. The number of hydrogen-bond donors (Lipinski definition) is 0. The molecule has 1 aliphatic heterocycles. The molecule has 0 fully saturated rings. The Balaban J connectivity index is 1.61. The Morgan fingerprint density at radius 1 is 1.00 bits per heavy atom. The standard InChI is InChI=1S/C32H25BrN4O3/c1-21-26(31(38)36(32(39)27(21)19-34)16-15-22-9-5-3-6-10-22)17-24-20-37(25-11-7-4-8-12-25)35-30(24)23-13-14-29(40-2)28(33)18-23/h3-14,17-18,20H,15-16H2,1-2H3/b26-17+. The largest absolute Gasteiger partial charge is 0.496 e. The van der Waals surface area contributed by atoms with Gasteiger partial charge in [-0.1, -0.05) is 48.5 Å². The Labute approximate surface area is 240 Å². The average molecular weight is 593 g/mol. The summed E-state index contributed by atoms with van der Waals surface area (Å²) in [5, 5.41) is 14.7. The lowest BCUT2D eigenvalue weighted by molar-refractivity contribution is -0.140. The number of rotatable bonds is 7. The third-order valence-electron chi connectivity index (χ3n) is 6.78. The number of aromatic nitrogens is 2. The second-order valence-corrected chi connectivity index (χ2v) is 10.1. The van der Waals surface area contributed by atoms with Gasteiger partial charge in [0.2, 0.25) is 0 Å². The van der Waals surface area contributed by atoms with E-state index in [0.717, 1.165) is 26.2 Å². The van der Waals surface area contributed by atoms with E-state index in [1.54, 1.807) is 24.8 Å². The summed E-state index contributed by atoms with van der Waals surface area (Å²) in [6.07, 6.45) is 4.05. The van der Waals surface area contributed by atoms with Crippen LogP contribution in [-0.2, 0) is 16.0 Å². The average Bonchev–Trinajstić information content (AvgIpc) is 3.40. The van der Waals surface area contributed by atoms with Crippen LogP contribution in [0.1, 0.15) is 18.1 Å². The molecule has 2 heterocycles. The number of para-hydroxylation sites is 1. The van der Waals surface area contributed by atoms with Crippen molar-refractivity contribution in [1.82, 2.24) is 14.7 Å². The summed E-state index contributed by atoms with van der Waals surface area (Å²) >= 11 is 3.55. The number of carbonyl (C=O) groups is 2. The van der Waals surface area contributed by atoms with Crippen molar-refractivity contribution in [3.63, 3.8) is 0 Å². The molecule has 1 aromatic heterocycles. The van der Waals surface area contributed by atoms with Crippen molar-refractivity contribution in [3.8, 4) is 28.8 Å². The molecule has 0 atom stereocenters. The van der Waals surface area contributed by atoms with Gasteiger partial charge in [-0.05, 0) is 76.8 Å². The van der Waals surface area contributed by atoms with Crippen LogP contribution in [-0.4, -0.2) is 40.1 Å². The van der Waals surface area contributed by atoms with Gasteiger partial charge >= 0.3 is 0 Å². The topological polar surface area (TPSA) is 88.2 Å². The van der Waals surface area contributed by atoms with Gasteiger partial charge in [-0.15, -0.1) is 0 Å². The molecular weight excluding hydrogens is 568 g/mol. The van der Waals surface area contributed by atoms with E-state index in [1.165, 1.54) is 0 Å². The lowest BCUT2D eigenvalue weighted by Gasteiger charge is -2.27. The van der Waals surface area contributed by atoms with Crippen LogP contribution in [0.2, 0.25) is 0 Å². The van der Waals surface area contributed by atoms with Crippen molar-refractivity contribution in [1.29, 1.82) is 5.26 Å². The van der Waals surface area contributed by atoms with Crippen LogP contribution in [0.15, 0.2) is 106 Å². The molecule has 4 aromatic rings. The normalized spacial score (nSPS) is 14.6. The molecule has 1 aliphatic rings. The van der Waals surface area contributed by atoms with E-state index in [2.05, 4.69) is 15.9 Å². The number of amides is 2. The summed E-state index contributed by atoms with van der Waals surface area (Å²) in [6, 6.07) is 26.9. The third kappa shape index (κ3) is 5.24. The summed E-state index contributed by atoms with van der Waals surface area (Å²) in [6.45, 7) is 1.80. The second kappa shape index (κ2) is 11.6. The van der Waals surface area contributed by atoms with Crippen LogP contribution in [0.4, 0.5) is 0 Å². The molecule has 0 saturated heterocycles. The molecular formula is C32H25BrN4O3. The van der Waals surface area contributed by atoms with Crippen LogP contribution < -0.4 is 4.74 Å². The highest BCUT2D eigenvalue weighted by Gasteiger charge is 2.35. The molecule has 40 heavy (non-hydrogen) atoms. The van der Waals surface area contributed by atoms with Crippen LogP contribution in [0.25, 0.3) is 23.0 Å². The van der Waals surface area contributed by atoms with Gasteiger partial charge in [0.1, 0.15) is 23.1 Å². The molecule has 2 amide bonds. The van der Waals surface area contributed by atoms with Crippen molar-refractivity contribution in [2.45, 2.75) is 13.3 Å². The van der Waals surface area contributed by atoms with Crippen LogP contribution in [0.3, 0.4) is 0 Å². The number of ether oxygens (including phenoxy) is 1. The van der Waals surface area contributed by atoms with Crippen molar-refractivity contribution in [2.24, 2.45) is 0 Å². The molecule has 7 nitrogen and oxygen atoms in total. The van der Waals surface area contributed by atoms with E-state index in [0.29, 0.717) is 29.0 Å². The zero-order chi connectivity index (χ0) is 28.2. The van der Waals surface area contributed by atoms with Crippen LogP contribution in [0.5, 0.6) is 5.75 Å². The SMILES string of the molecule is COc1ccc(-c2nn(-c3ccccc3)cc2/C=C2/C(=O)N(CCc3ccccc3)C(=O)C(C#N)=C2C)cc1Br. The van der Waals surface area contributed by atoms with Crippen molar-refractivity contribution in [3.05, 3.63) is 117 Å². The molecule has 198 valence electrons. The maximum Gasteiger partial charge on any atom is 0.271 e. The van der Waals surface area contributed by atoms with E-state index in [1.807, 2.05) is 91.1 Å². The minimum atomic E-state index is -0.572. The number of halogens is 1. The molecule has 8 heteroatoms. The molecule has 0 bridgehead atoms. The molecule has 0 spiro atoms. The van der Waals surface area contributed by atoms with Crippen LogP contribution >= 0.6 is 15.9 Å². The van der Waals surface area contributed by atoms with Gasteiger partial charge in [0.15, 0.2) is 0 Å². The van der Waals surface area contributed by atoms with Gasteiger partial charge in [0.05, 0.1) is 17.3 Å². The zero-order valence-corrected chi connectivity index (χ0v) is 23.6. The molecule has 5 rings (SSSR count). The lowest BCUT2D eigenvalue weighted by atomic mass is 9.93. The van der Waals surface area contributed by atoms with Crippen molar-refractivity contribution in [2.75, 3.05) is 13.7 Å². The van der Waals surface area contributed by atoms with E-state index in [9.17, 15) is 14.9 Å². The predicted octanol–water partition coefficient (Wildman–Crippen LogP) is 6.15. The first-order valence-electron chi connectivity index (χ1n) is 12.6. The minimum absolute atomic E-state index is 0.0388. The maximum atomic E-state index is 13.7. The first-order valence-corrected chi connectivity index (χ1v) is 13.4. The minimum Gasteiger partial charge on any atom is -0.496 e. The number of methoxy groups -OCH3 is 1. The summed E-state index contributed by atoms with van der Waals surface area (Å²) in [7, 11) is 1.60. The predicted molar refractivity (Wildman–Crippen MR) is 156 cm³/mol. The van der Waals surface area contributed by atoms with E-state index >= 15 is 0 Å². The fraction of sp³-hybridized carbons (Fsp3) is 0.125. The Morgan fingerprint density at radius 2 is 1.70 bits per heavy atom. The number of imide groups is 1. The highest BCUT2D eigenvalue weighted by atomic mass is 79.9. The fourth-order valence-corrected chi connectivity index (χ4v) is 5.16. The van der Waals surface area contributed by atoms with Gasteiger partial charge in [0, 0.05) is 29.4 Å². The van der Waals surface area contributed by atoms with Gasteiger partial charge in [-0.25, -0.2) is 4.68 Å². The van der Waals surface area contributed by atoms with Gasteiger partial charge < -0.3 is 4.74 Å². The highest BCUT2D eigenvalue weighted by molar-refractivity contribution is 9.10. The van der Waals surface area contributed by atoms with Crippen molar-refractivity contribution < 1.29 is 14.3 Å². The Bertz CT molecular complexity index is 1700. The van der Waals surface area contributed by atoms with Gasteiger partial charge in [0.25, 0.3) is 11.8 Å². The molecule has 0 unspecified atom stereocenters. The first-order chi connectivity index (χ1) is 19.4. The summed E-state index contributed by atoms with van der Waals surface area (Å²) in [4.78, 5) is 28.0. The molecule has 0 aliphatic carbocycles. The summed E-state index contributed by atoms with van der Waals surface area (Å²) in [5.41, 5.74) is 4.54. The summed E-state index contributed by atoms with van der Waals surface area (Å²) in [5.74, 6) is -0.331. The Hall–Kier alpha value is -4.74. The molecule has 0 saturated carbocycles. The van der Waals surface area contributed by atoms with Gasteiger partial charge in [-0.3, -0.25) is 14.5 Å². The number of nitriles is 1. The number of benzene rings is 3. The van der Waals surface area contributed by atoms with Crippen molar-refractivity contribution >= 4 is 33.8 Å². The monoisotopic (exact) mass is 592 g/mol. The third-order valence-corrected chi connectivity index (χ3v) is 7.40. The zero-order valence-electron chi connectivity index (χ0n) is 22.0. The molecule has 0 radical (unpaired) electrons. The fourth-order valence-electron chi connectivity index (χ4n) is 4.62. The first kappa shape index (κ1) is 26.9. The quantitative estimate of drug-likeness (QED) is 0.190. The summed E-state index contributed by atoms with van der Waals surface area (Å²) < 4.78 is 7.89. The molecule has 3 aromatic carbocycles. The Morgan fingerprint density at radius 3 is 2.35 bits per heavy atom.